The molecule has 5 N–H and O–H groups in total. The SMILES string of the molecule is C/C=C/C[C@@H](C)[C@@H](O)[C@@H]1C(=O)N[C@H](CC)C(=O)N(C)[C@H](CSCCN(C)C)C(=O)N(C)[C@@H](CC(C)C)C(=O)N[C@H](C(C)C)C(=O)N(C)[C@H](CC(C)C)C(=O)N[C@H](C)C(=O)N[C@@H](C)C(=O)N(C)[C@H](CC(C)C)C(=O)N(C)[C@H](CC(C)C)C(=O)N(C)[C@H](C(C)C)C(=O)N1C. The number of rotatable bonds is 20. The number of allylic oxidation sites excluding steroid dienone is 2. The van der Waals surface area contributed by atoms with Gasteiger partial charge in [-0.3, -0.25) is 52.7 Å². The average Bonchev–Trinajstić information content (AvgIpc) is 0.861. The van der Waals surface area contributed by atoms with Crippen LogP contribution < -0.4 is 21.3 Å². The molecule has 25 heteroatoms. The lowest BCUT2D eigenvalue weighted by Crippen LogP contribution is -2.64. The minimum atomic E-state index is -1.63. The van der Waals surface area contributed by atoms with Crippen LogP contribution >= 0.6 is 11.8 Å². The Bertz CT molecular complexity index is 2490. The maximum absolute atomic E-state index is 15.3. The van der Waals surface area contributed by atoms with Crippen molar-refractivity contribution in [2.75, 3.05) is 81.5 Å². The van der Waals surface area contributed by atoms with E-state index in [1.54, 1.807) is 47.6 Å². The highest BCUT2D eigenvalue weighted by atomic mass is 32.2. The largest absolute Gasteiger partial charge is 0.390 e. The van der Waals surface area contributed by atoms with Crippen molar-refractivity contribution in [2.24, 2.45) is 41.4 Å². The Kier molecular flexibility index (Phi) is 35.8. The van der Waals surface area contributed by atoms with Gasteiger partial charge in [0.2, 0.25) is 65.0 Å². The quantitative estimate of drug-likeness (QED) is 0.0854. The van der Waals surface area contributed by atoms with Gasteiger partial charge >= 0.3 is 0 Å². The summed E-state index contributed by atoms with van der Waals surface area (Å²) in [7, 11) is 13.9. The van der Waals surface area contributed by atoms with Gasteiger partial charge in [-0.15, -0.1) is 0 Å². The molecule has 0 aliphatic carbocycles. The van der Waals surface area contributed by atoms with Crippen molar-refractivity contribution in [1.29, 1.82) is 0 Å². The fraction of sp³-hybridized carbons (Fsp3) is 0.806. The second kappa shape index (κ2) is 39.1. The average molecular weight is 1320 g/mol. The molecule has 0 aromatic heterocycles. The molecule has 0 aromatic carbocycles. The molecule has 24 nitrogen and oxygen atoms in total. The third kappa shape index (κ3) is 24.2. The Morgan fingerprint density at radius 1 is 0.467 bits per heavy atom. The van der Waals surface area contributed by atoms with Crippen LogP contribution in [0.15, 0.2) is 12.2 Å². The molecule has 1 fully saturated rings. The number of carbonyl (C=O) groups excluding carboxylic acids is 11. The first-order valence-corrected chi connectivity index (χ1v) is 34.3. The molecule has 11 amide bonds. The van der Waals surface area contributed by atoms with E-state index in [-0.39, 0.29) is 61.5 Å². The normalized spacial score (nSPS) is 26.7. The summed E-state index contributed by atoms with van der Waals surface area (Å²) >= 11 is 1.41. The smallest absolute Gasteiger partial charge is 0.246 e. The van der Waals surface area contributed by atoms with Gasteiger partial charge < -0.3 is 65.6 Å². The minimum Gasteiger partial charge on any atom is -0.390 e. The zero-order valence-electron chi connectivity index (χ0n) is 60.9. The summed E-state index contributed by atoms with van der Waals surface area (Å²) in [5.74, 6) is -9.09. The number of thioether (sulfide) groups is 1. The lowest BCUT2D eigenvalue weighted by molar-refractivity contribution is -0.157. The van der Waals surface area contributed by atoms with Crippen LogP contribution in [0.25, 0.3) is 0 Å². The predicted octanol–water partition coefficient (Wildman–Crippen LogP) is 3.93. The summed E-state index contributed by atoms with van der Waals surface area (Å²) in [6.07, 6.45) is 3.00. The van der Waals surface area contributed by atoms with E-state index in [0.717, 1.165) is 4.90 Å². The van der Waals surface area contributed by atoms with Crippen LogP contribution in [0, 0.1) is 41.4 Å². The molecule has 1 saturated heterocycles. The Morgan fingerprint density at radius 3 is 1.32 bits per heavy atom. The zero-order chi connectivity index (χ0) is 71.3. The highest BCUT2D eigenvalue weighted by Gasteiger charge is 2.46. The number of nitrogens with one attached hydrogen (secondary N) is 4. The van der Waals surface area contributed by atoms with E-state index in [9.17, 15) is 29.1 Å². The third-order valence-electron chi connectivity index (χ3n) is 17.3. The Balaban J connectivity index is 4.53. The summed E-state index contributed by atoms with van der Waals surface area (Å²) in [6.45, 7) is 30.7. The number of likely N-dealkylation sites (N-methyl/N-ethyl adjacent to an activating group) is 7. The van der Waals surface area contributed by atoms with Crippen LogP contribution in [0.5, 0.6) is 0 Å². The molecule has 0 radical (unpaired) electrons. The topological polar surface area (TPSA) is 282 Å². The number of hydrogen-bond acceptors (Lipinski definition) is 14. The molecule has 1 aliphatic heterocycles. The van der Waals surface area contributed by atoms with Gasteiger partial charge in [0.15, 0.2) is 0 Å². The molecule has 0 bridgehead atoms. The first-order valence-electron chi connectivity index (χ1n) is 33.1. The van der Waals surface area contributed by atoms with Crippen molar-refractivity contribution in [3.8, 4) is 0 Å². The monoisotopic (exact) mass is 1320 g/mol. The zero-order valence-corrected chi connectivity index (χ0v) is 61.7. The molecule has 1 rings (SSSR count). The lowest BCUT2D eigenvalue weighted by Gasteiger charge is -2.41. The van der Waals surface area contributed by atoms with E-state index < -0.39 is 155 Å². The molecular weight excluding hydrogens is 1200 g/mol. The third-order valence-corrected chi connectivity index (χ3v) is 18.4. The number of aliphatic hydroxyl groups excluding tert-OH is 1. The van der Waals surface area contributed by atoms with Gasteiger partial charge in [0.25, 0.3) is 0 Å². The lowest BCUT2D eigenvalue weighted by atomic mass is 9.91. The number of nitrogens with zero attached hydrogens (tertiary/aromatic N) is 8. The Morgan fingerprint density at radius 2 is 0.870 bits per heavy atom. The summed E-state index contributed by atoms with van der Waals surface area (Å²) in [5, 5.41) is 23.5. The van der Waals surface area contributed by atoms with Crippen LogP contribution in [-0.4, -0.2) is 263 Å². The number of hydrogen-bond donors (Lipinski definition) is 5. The molecule has 0 unspecified atom stereocenters. The van der Waals surface area contributed by atoms with E-state index in [2.05, 4.69) is 21.3 Å². The fourth-order valence-electron chi connectivity index (χ4n) is 11.4. The first kappa shape index (κ1) is 84.2. The van der Waals surface area contributed by atoms with Gasteiger partial charge in [0, 0.05) is 67.4 Å². The second-order valence-corrected chi connectivity index (χ2v) is 29.3. The van der Waals surface area contributed by atoms with Gasteiger partial charge in [0.05, 0.1) is 6.10 Å². The summed E-state index contributed by atoms with van der Waals surface area (Å²) in [6, 6.07) is -13.7. The van der Waals surface area contributed by atoms with Crippen LogP contribution in [-0.2, 0) is 52.7 Å². The van der Waals surface area contributed by atoms with Crippen molar-refractivity contribution in [3.63, 3.8) is 0 Å². The van der Waals surface area contributed by atoms with Gasteiger partial charge in [0.1, 0.15) is 66.5 Å². The second-order valence-electron chi connectivity index (χ2n) is 28.2. The molecule has 0 spiro atoms. The summed E-state index contributed by atoms with van der Waals surface area (Å²) in [5.41, 5.74) is 0. The first-order chi connectivity index (χ1) is 42.5. The van der Waals surface area contributed by atoms with Gasteiger partial charge in [-0.05, 0) is 115 Å². The number of carbonyl (C=O) groups is 11. The molecule has 1 aliphatic rings. The van der Waals surface area contributed by atoms with E-state index >= 15 is 28.8 Å². The van der Waals surface area contributed by atoms with Gasteiger partial charge in [-0.25, -0.2) is 0 Å². The van der Waals surface area contributed by atoms with E-state index in [0.29, 0.717) is 18.7 Å². The summed E-state index contributed by atoms with van der Waals surface area (Å²) < 4.78 is 0. The molecule has 528 valence electrons. The maximum Gasteiger partial charge on any atom is 0.246 e. The highest BCUT2D eigenvalue weighted by molar-refractivity contribution is 7.99. The molecule has 92 heavy (non-hydrogen) atoms. The molecule has 0 saturated carbocycles. The van der Waals surface area contributed by atoms with Crippen LogP contribution in [0.2, 0.25) is 0 Å². The standard InChI is InChI=1S/C67H122N12O12S/c1-27-29-30-44(15)56(80)55-60(84)70-47(28-2)62(86)77(24)52(37-92-32-31-72(18)19)65(89)73(20)49(34-39(5)6)59(83)71-53(42(11)12)66(90)74(21)48(33-38(3)4)58(82)68-45(16)57(81)69-46(17)61(85)75(22)50(35-40(7)8)63(87)76(23)51(36-41(9)10)64(88)78(25)54(43(13)14)67(91)79(55)26/h27,29,38-56,80H,28,30-37H2,1-26H3,(H,68,82)(H,69,81)(H,70,84)(H,71,83)/b29-27+/t44-,45-,46+,47-,48-,49+,50-,51-,52-,53-,54-,55-,56-/m1/s1. The molecular formula is C67H122N12O12S. The van der Waals surface area contributed by atoms with Crippen molar-refractivity contribution < 1.29 is 57.8 Å². The van der Waals surface area contributed by atoms with Gasteiger partial charge in [-0.2, -0.15) is 11.8 Å². The van der Waals surface area contributed by atoms with E-state index in [1.165, 1.54) is 104 Å². The molecule has 13 atom stereocenters. The number of amides is 11. The van der Waals surface area contributed by atoms with E-state index in [4.69, 9.17) is 0 Å². The minimum absolute atomic E-state index is 0.00947. The van der Waals surface area contributed by atoms with Crippen LogP contribution in [0.1, 0.15) is 156 Å². The predicted molar refractivity (Wildman–Crippen MR) is 363 cm³/mol. The highest BCUT2D eigenvalue weighted by Crippen LogP contribution is 2.26. The van der Waals surface area contributed by atoms with E-state index in [1.807, 2.05) is 87.4 Å². The van der Waals surface area contributed by atoms with Crippen molar-refractivity contribution in [1.82, 2.24) is 60.5 Å². The molecule has 1 heterocycles. The summed E-state index contributed by atoms with van der Waals surface area (Å²) in [4.78, 5) is 174. The van der Waals surface area contributed by atoms with Crippen LogP contribution in [0.3, 0.4) is 0 Å². The Labute approximate surface area is 556 Å². The van der Waals surface area contributed by atoms with Crippen molar-refractivity contribution >= 4 is 76.7 Å². The van der Waals surface area contributed by atoms with Crippen molar-refractivity contribution in [3.05, 3.63) is 12.2 Å². The maximum atomic E-state index is 15.3. The van der Waals surface area contributed by atoms with Crippen molar-refractivity contribution in [2.45, 2.75) is 229 Å². The Hall–Kier alpha value is -5.82. The van der Waals surface area contributed by atoms with Gasteiger partial charge in [-0.1, -0.05) is 109 Å². The number of aliphatic hydroxyl groups is 1. The van der Waals surface area contributed by atoms with Crippen LogP contribution in [0.4, 0.5) is 0 Å². The fourth-order valence-corrected chi connectivity index (χ4v) is 12.7. The molecule has 0 aromatic rings.